The van der Waals surface area contributed by atoms with Gasteiger partial charge in [0.1, 0.15) is 0 Å². The Hall–Kier alpha value is -0.180. The minimum Gasteiger partial charge on any atom is -0.397 e. The number of halogens is 3. The van der Waals surface area contributed by atoms with E-state index in [2.05, 4.69) is 4.98 Å². The van der Waals surface area contributed by atoms with Crippen molar-refractivity contribution >= 4 is 42.1 Å². The third kappa shape index (κ3) is 3.65. The average molecular weight is 216 g/mol. The van der Waals surface area contributed by atoms with E-state index in [1.165, 1.54) is 0 Å². The van der Waals surface area contributed by atoms with Gasteiger partial charge in [0.15, 0.2) is 0 Å². The zero-order chi connectivity index (χ0) is 6.85. The molecule has 1 heterocycles. The molecule has 0 amide bonds. The molecule has 11 heavy (non-hydrogen) atoms. The van der Waals surface area contributed by atoms with Gasteiger partial charge in [-0.05, 0) is 13.0 Å². The van der Waals surface area contributed by atoms with Gasteiger partial charge in [-0.3, -0.25) is 4.98 Å². The van der Waals surface area contributed by atoms with Gasteiger partial charge >= 0.3 is 0 Å². The summed E-state index contributed by atoms with van der Waals surface area (Å²) < 4.78 is 0. The lowest BCUT2D eigenvalue weighted by Crippen LogP contribution is -1.88. The maximum Gasteiger partial charge on any atom is 0.0818 e. The molecule has 0 aromatic carbocycles. The molecular formula is C6H9Cl3N2. The summed E-state index contributed by atoms with van der Waals surface area (Å²) in [6.07, 6.45) is 1.55. The molecule has 0 saturated carbocycles. The number of hydrogen-bond acceptors (Lipinski definition) is 2. The van der Waals surface area contributed by atoms with E-state index >= 15 is 0 Å². The lowest BCUT2D eigenvalue weighted by Gasteiger charge is -1.95. The van der Waals surface area contributed by atoms with Crippen molar-refractivity contribution in [3.05, 3.63) is 23.0 Å². The van der Waals surface area contributed by atoms with E-state index in [1.54, 1.807) is 12.3 Å². The van der Waals surface area contributed by atoms with Crippen LogP contribution in [0.15, 0.2) is 12.3 Å². The second-order valence-corrected chi connectivity index (χ2v) is 2.25. The standard InChI is InChI=1S/C6H7ClN2.2ClH/c1-4-2-6(8)5(7)3-9-4;;/h2-3H,1H3,(H2,8,9);2*1H. The number of rotatable bonds is 0. The molecule has 0 radical (unpaired) electrons. The highest BCUT2D eigenvalue weighted by atomic mass is 35.5. The fraction of sp³-hybridized carbons (Fsp3) is 0.167. The van der Waals surface area contributed by atoms with E-state index < -0.39 is 0 Å². The first-order valence-corrected chi connectivity index (χ1v) is 2.95. The van der Waals surface area contributed by atoms with Crippen LogP contribution in [0.1, 0.15) is 5.69 Å². The van der Waals surface area contributed by atoms with Crippen LogP contribution in [0.5, 0.6) is 0 Å². The Morgan fingerprint density at radius 3 is 2.36 bits per heavy atom. The third-order valence-electron chi connectivity index (χ3n) is 1.02. The summed E-state index contributed by atoms with van der Waals surface area (Å²) in [6.45, 7) is 1.87. The molecule has 2 N–H and O–H groups in total. The maximum atomic E-state index is 5.59. The molecule has 0 bridgehead atoms. The topological polar surface area (TPSA) is 38.9 Å². The molecule has 1 aromatic heterocycles. The van der Waals surface area contributed by atoms with Crippen LogP contribution in [0.25, 0.3) is 0 Å². The summed E-state index contributed by atoms with van der Waals surface area (Å²) in [7, 11) is 0. The second-order valence-electron chi connectivity index (χ2n) is 1.85. The van der Waals surface area contributed by atoms with E-state index in [9.17, 15) is 0 Å². The molecule has 0 aliphatic carbocycles. The summed E-state index contributed by atoms with van der Waals surface area (Å²) >= 11 is 5.59. The van der Waals surface area contributed by atoms with Crippen molar-refractivity contribution < 1.29 is 0 Å². The van der Waals surface area contributed by atoms with Gasteiger partial charge in [-0.25, -0.2) is 0 Å². The molecule has 0 fully saturated rings. The zero-order valence-electron chi connectivity index (χ0n) is 5.87. The largest absolute Gasteiger partial charge is 0.397 e. The smallest absolute Gasteiger partial charge is 0.0818 e. The van der Waals surface area contributed by atoms with E-state index in [-0.39, 0.29) is 24.8 Å². The van der Waals surface area contributed by atoms with E-state index in [0.29, 0.717) is 10.7 Å². The molecule has 1 aromatic rings. The molecular weight excluding hydrogens is 206 g/mol. The molecule has 2 nitrogen and oxygen atoms in total. The summed E-state index contributed by atoms with van der Waals surface area (Å²) in [5, 5.41) is 0.514. The predicted molar refractivity (Wildman–Crippen MR) is 52.9 cm³/mol. The fourth-order valence-electron chi connectivity index (χ4n) is 0.564. The van der Waals surface area contributed by atoms with Crippen molar-refractivity contribution in [2.45, 2.75) is 6.92 Å². The van der Waals surface area contributed by atoms with Crippen molar-refractivity contribution in [2.75, 3.05) is 5.73 Å². The Kier molecular flexibility index (Phi) is 6.67. The van der Waals surface area contributed by atoms with Gasteiger partial charge in [0, 0.05) is 11.9 Å². The van der Waals surface area contributed by atoms with Crippen LogP contribution in [0.2, 0.25) is 5.02 Å². The van der Waals surface area contributed by atoms with Gasteiger partial charge in [-0.2, -0.15) is 0 Å². The van der Waals surface area contributed by atoms with Gasteiger partial charge in [-0.15, -0.1) is 24.8 Å². The zero-order valence-corrected chi connectivity index (χ0v) is 8.26. The quantitative estimate of drug-likeness (QED) is 0.722. The monoisotopic (exact) mass is 214 g/mol. The Balaban J connectivity index is 0. The summed E-state index contributed by atoms with van der Waals surface area (Å²) in [5.41, 5.74) is 6.92. The third-order valence-corrected chi connectivity index (χ3v) is 1.34. The normalized spacial score (nSPS) is 7.82. The Morgan fingerprint density at radius 1 is 1.45 bits per heavy atom. The van der Waals surface area contributed by atoms with Gasteiger partial charge in [-0.1, -0.05) is 11.6 Å². The molecule has 0 aliphatic heterocycles. The predicted octanol–water partition coefficient (Wildman–Crippen LogP) is 2.47. The van der Waals surface area contributed by atoms with E-state index in [1.807, 2.05) is 6.92 Å². The first-order valence-electron chi connectivity index (χ1n) is 2.58. The number of pyridine rings is 1. The lowest BCUT2D eigenvalue weighted by molar-refractivity contribution is 1.20. The first kappa shape index (κ1) is 13.4. The van der Waals surface area contributed by atoms with Crippen LogP contribution in [-0.2, 0) is 0 Å². The number of hydrogen-bond donors (Lipinski definition) is 1. The minimum atomic E-state index is 0. The molecule has 5 heteroatoms. The van der Waals surface area contributed by atoms with Crippen molar-refractivity contribution in [3.63, 3.8) is 0 Å². The molecule has 1 rings (SSSR count). The van der Waals surface area contributed by atoms with E-state index in [4.69, 9.17) is 17.3 Å². The number of anilines is 1. The Bertz CT molecular complexity index is 227. The summed E-state index contributed by atoms with van der Waals surface area (Å²) in [5.74, 6) is 0. The average Bonchev–Trinajstić information content (AvgIpc) is 1.80. The molecule has 0 unspecified atom stereocenters. The van der Waals surface area contributed by atoms with Crippen molar-refractivity contribution in [1.29, 1.82) is 0 Å². The van der Waals surface area contributed by atoms with Crippen LogP contribution in [0, 0.1) is 6.92 Å². The van der Waals surface area contributed by atoms with Gasteiger partial charge in [0.2, 0.25) is 0 Å². The van der Waals surface area contributed by atoms with Gasteiger partial charge in [0.25, 0.3) is 0 Å². The highest BCUT2D eigenvalue weighted by molar-refractivity contribution is 6.32. The van der Waals surface area contributed by atoms with Gasteiger partial charge < -0.3 is 5.73 Å². The lowest BCUT2D eigenvalue weighted by atomic mass is 10.3. The van der Waals surface area contributed by atoms with Crippen LogP contribution in [0.4, 0.5) is 5.69 Å². The summed E-state index contributed by atoms with van der Waals surface area (Å²) in [6, 6.07) is 1.74. The summed E-state index contributed by atoms with van der Waals surface area (Å²) in [4.78, 5) is 3.93. The van der Waals surface area contributed by atoms with Crippen molar-refractivity contribution in [3.8, 4) is 0 Å². The van der Waals surface area contributed by atoms with Crippen LogP contribution in [-0.4, -0.2) is 4.98 Å². The number of nitrogens with zero attached hydrogens (tertiary/aromatic N) is 1. The molecule has 0 saturated heterocycles. The van der Waals surface area contributed by atoms with Crippen molar-refractivity contribution in [1.82, 2.24) is 4.98 Å². The molecule has 0 atom stereocenters. The van der Waals surface area contributed by atoms with Crippen LogP contribution >= 0.6 is 36.4 Å². The SMILES string of the molecule is Cc1cc(N)c(Cl)cn1.Cl.Cl. The van der Waals surface area contributed by atoms with Crippen molar-refractivity contribution in [2.24, 2.45) is 0 Å². The van der Waals surface area contributed by atoms with Crippen LogP contribution in [0.3, 0.4) is 0 Å². The minimum absolute atomic E-state index is 0. The van der Waals surface area contributed by atoms with Gasteiger partial charge in [0.05, 0.1) is 10.7 Å². The highest BCUT2D eigenvalue weighted by Crippen LogP contribution is 2.16. The molecule has 0 spiro atoms. The first-order chi connectivity index (χ1) is 4.20. The maximum absolute atomic E-state index is 5.59. The Morgan fingerprint density at radius 2 is 2.00 bits per heavy atom. The highest BCUT2D eigenvalue weighted by Gasteiger charge is 1.93. The van der Waals surface area contributed by atoms with E-state index in [0.717, 1.165) is 5.69 Å². The van der Waals surface area contributed by atoms with Crippen LogP contribution < -0.4 is 5.73 Å². The molecule has 64 valence electrons. The number of nitrogens with two attached hydrogens (primary N) is 1. The number of nitrogen functional groups attached to an aromatic ring is 1. The second kappa shape index (κ2) is 5.47. The molecule has 0 aliphatic rings. The number of aryl methyl sites for hydroxylation is 1. The fourth-order valence-corrected chi connectivity index (χ4v) is 0.668. The number of aromatic nitrogens is 1. The Labute approximate surface area is 83.0 Å².